The molecule has 4 nitrogen and oxygen atoms in total. The number of benzene rings is 3. The first kappa shape index (κ1) is 18.0. The molecular weight excluding hydrogens is 382 g/mol. The number of hydrogen-bond donors (Lipinski definition) is 0. The average Bonchev–Trinajstić information content (AvgIpc) is 3.12. The van der Waals surface area contributed by atoms with Crippen LogP contribution in [-0.2, 0) is 17.8 Å². The van der Waals surface area contributed by atoms with Crippen molar-refractivity contribution in [2.75, 3.05) is 11.4 Å². The van der Waals surface area contributed by atoms with Crippen molar-refractivity contribution < 1.29 is 4.79 Å². The van der Waals surface area contributed by atoms with Gasteiger partial charge in [0.15, 0.2) is 0 Å². The summed E-state index contributed by atoms with van der Waals surface area (Å²) in [5.41, 5.74) is 4.87. The van der Waals surface area contributed by atoms with E-state index < -0.39 is 0 Å². The fraction of sp³-hybridized carbons (Fsp3) is 0.167. The highest BCUT2D eigenvalue weighted by Crippen LogP contribution is 2.31. The summed E-state index contributed by atoms with van der Waals surface area (Å²) in [5.74, 6) is 0.782. The maximum absolute atomic E-state index is 13.4. The summed E-state index contributed by atoms with van der Waals surface area (Å²) < 4.78 is 1.98. The first-order valence-electron chi connectivity index (χ1n) is 9.81. The molecule has 1 aliphatic rings. The maximum Gasteiger partial charge on any atom is 0.247 e. The first-order valence-corrected chi connectivity index (χ1v) is 10.2. The zero-order chi connectivity index (χ0) is 19.8. The van der Waals surface area contributed by atoms with Crippen molar-refractivity contribution >= 4 is 34.2 Å². The van der Waals surface area contributed by atoms with Gasteiger partial charge in [0.2, 0.25) is 5.91 Å². The van der Waals surface area contributed by atoms with Crippen LogP contribution in [0.25, 0.3) is 22.4 Å². The standard InChI is InChI=1S/C24H20ClN3O/c25-19-11-3-2-10-18(19)24-26-20-12-4-6-14-22(20)28(24)16-23(29)27-15-7-9-17-8-1-5-13-21(17)27/h1-6,8,10-14H,7,9,15-16H2. The van der Waals surface area contributed by atoms with Crippen LogP contribution in [-0.4, -0.2) is 22.0 Å². The Morgan fingerprint density at radius 3 is 2.62 bits per heavy atom. The summed E-state index contributed by atoms with van der Waals surface area (Å²) in [6.45, 7) is 0.958. The summed E-state index contributed by atoms with van der Waals surface area (Å²) in [6, 6.07) is 23.7. The van der Waals surface area contributed by atoms with Crippen LogP contribution in [0.15, 0.2) is 72.8 Å². The summed E-state index contributed by atoms with van der Waals surface area (Å²) >= 11 is 6.46. The normalized spacial score (nSPS) is 13.5. The molecule has 1 aliphatic heterocycles. The Bertz CT molecular complexity index is 1210. The van der Waals surface area contributed by atoms with Crippen LogP contribution in [0.5, 0.6) is 0 Å². The van der Waals surface area contributed by atoms with Gasteiger partial charge in [-0.3, -0.25) is 4.79 Å². The largest absolute Gasteiger partial charge is 0.314 e. The van der Waals surface area contributed by atoms with E-state index in [1.54, 1.807) is 0 Å². The highest BCUT2D eigenvalue weighted by atomic mass is 35.5. The number of para-hydroxylation sites is 3. The van der Waals surface area contributed by atoms with Gasteiger partial charge in [0.05, 0.1) is 16.1 Å². The average molecular weight is 402 g/mol. The van der Waals surface area contributed by atoms with Crippen molar-refractivity contribution in [3.05, 3.63) is 83.4 Å². The van der Waals surface area contributed by atoms with Gasteiger partial charge in [-0.05, 0) is 48.7 Å². The highest BCUT2D eigenvalue weighted by Gasteiger charge is 2.24. The minimum Gasteiger partial charge on any atom is -0.314 e. The number of nitrogens with zero attached hydrogens (tertiary/aromatic N) is 3. The molecule has 0 fully saturated rings. The van der Waals surface area contributed by atoms with Gasteiger partial charge < -0.3 is 9.47 Å². The molecule has 29 heavy (non-hydrogen) atoms. The molecule has 1 amide bonds. The van der Waals surface area contributed by atoms with E-state index in [4.69, 9.17) is 16.6 Å². The van der Waals surface area contributed by atoms with Gasteiger partial charge in [-0.1, -0.05) is 54.1 Å². The zero-order valence-electron chi connectivity index (χ0n) is 15.9. The Morgan fingerprint density at radius 2 is 1.72 bits per heavy atom. The second-order valence-electron chi connectivity index (χ2n) is 7.27. The molecule has 5 heteroatoms. The number of carbonyl (C=O) groups excluding carboxylic acids is 1. The molecule has 4 aromatic rings. The molecule has 0 saturated heterocycles. The maximum atomic E-state index is 13.4. The van der Waals surface area contributed by atoms with Crippen LogP contribution < -0.4 is 4.90 Å². The third-order valence-corrected chi connectivity index (χ3v) is 5.80. The molecule has 0 atom stereocenters. The number of rotatable bonds is 3. The minimum atomic E-state index is 0.0635. The molecule has 5 rings (SSSR count). The lowest BCUT2D eigenvalue weighted by atomic mass is 10.0. The molecule has 144 valence electrons. The van der Waals surface area contributed by atoms with Crippen molar-refractivity contribution in [3.63, 3.8) is 0 Å². The van der Waals surface area contributed by atoms with Crippen molar-refractivity contribution in [1.29, 1.82) is 0 Å². The van der Waals surface area contributed by atoms with Gasteiger partial charge in [-0.2, -0.15) is 0 Å². The molecule has 0 N–H and O–H groups in total. The smallest absolute Gasteiger partial charge is 0.247 e. The van der Waals surface area contributed by atoms with Gasteiger partial charge in [0, 0.05) is 17.8 Å². The third kappa shape index (κ3) is 3.19. The molecule has 0 saturated carbocycles. The minimum absolute atomic E-state index is 0.0635. The second kappa shape index (κ2) is 7.37. The monoisotopic (exact) mass is 401 g/mol. The number of anilines is 1. The van der Waals surface area contributed by atoms with Crippen LogP contribution >= 0.6 is 11.6 Å². The van der Waals surface area contributed by atoms with E-state index in [0.717, 1.165) is 47.5 Å². The second-order valence-corrected chi connectivity index (χ2v) is 7.67. The van der Waals surface area contributed by atoms with Crippen molar-refractivity contribution in [2.24, 2.45) is 0 Å². The lowest BCUT2D eigenvalue weighted by Crippen LogP contribution is -2.37. The number of halogens is 1. The molecule has 0 bridgehead atoms. The highest BCUT2D eigenvalue weighted by molar-refractivity contribution is 6.33. The molecule has 3 aromatic carbocycles. The predicted octanol–water partition coefficient (Wildman–Crippen LogP) is 5.34. The fourth-order valence-corrected chi connectivity index (χ4v) is 4.32. The Hall–Kier alpha value is -3.11. The van der Waals surface area contributed by atoms with Crippen LogP contribution in [0.2, 0.25) is 5.02 Å². The summed E-state index contributed by atoms with van der Waals surface area (Å²) in [4.78, 5) is 20.1. The van der Waals surface area contributed by atoms with Gasteiger partial charge in [0.1, 0.15) is 12.4 Å². The lowest BCUT2D eigenvalue weighted by molar-refractivity contribution is -0.119. The van der Waals surface area contributed by atoms with E-state index in [-0.39, 0.29) is 12.5 Å². The van der Waals surface area contributed by atoms with Crippen molar-refractivity contribution in [1.82, 2.24) is 9.55 Å². The van der Waals surface area contributed by atoms with Crippen LogP contribution in [0.3, 0.4) is 0 Å². The Morgan fingerprint density at radius 1 is 0.966 bits per heavy atom. The molecule has 0 spiro atoms. The van der Waals surface area contributed by atoms with Crippen molar-refractivity contribution in [2.45, 2.75) is 19.4 Å². The van der Waals surface area contributed by atoms with Crippen LogP contribution in [0, 0.1) is 0 Å². The molecule has 0 aliphatic carbocycles. The van der Waals surface area contributed by atoms with E-state index >= 15 is 0 Å². The van der Waals surface area contributed by atoms with Crippen molar-refractivity contribution in [3.8, 4) is 11.4 Å². The summed E-state index contributed by atoms with van der Waals surface area (Å²) in [5, 5.41) is 0.625. The first-order chi connectivity index (χ1) is 14.2. The number of aryl methyl sites for hydroxylation is 1. The van der Waals surface area contributed by atoms with Crippen LogP contribution in [0.1, 0.15) is 12.0 Å². The third-order valence-electron chi connectivity index (χ3n) is 5.47. The summed E-state index contributed by atoms with van der Waals surface area (Å²) in [7, 11) is 0. The Balaban J connectivity index is 1.58. The lowest BCUT2D eigenvalue weighted by Gasteiger charge is -2.29. The Kier molecular flexibility index (Phi) is 4.57. The van der Waals surface area contributed by atoms with E-state index in [9.17, 15) is 4.79 Å². The fourth-order valence-electron chi connectivity index (χ4n) is 4.10. The van der Waals surface area contributed by atoms with E-state index in [1.807, 2.05) is 76.2 Å². The predicted molar refractivity (Wildman–Crippen MR) is 117 cm³/mol. The molecular formula is C24H20ClN3O. The van der Waals surface area contributed by atoms with E-state index in [2.05, 4.69) is 6.07 Å². The van der Waals surface area contributed by atoms with E-state index in [0.29, 0.717) is 5.02 Å². The zero-order valence-corrected chi connectivity index (χ0v) is 16.6. The van der Waals surface area contributed by atoms with Gasteiger partial charge >= 0.3 is 0 Å². The number of carbonyl (C=O) groups is 1. The SMILES string of the molecule is O=C(Cn1c(-c2ccccc2Cl)nc2ccccc21)N1CCCc2ccccc21. The summed E-state index contributed by atoms with van der Waals surface area (Å²) in [6.07, 6.45) is 1.99. The number of aromatic nitrogens is 2. The molecule has 0 radical (unpaired) electrons. The number of amides is 1. The quantitative estimate of drug-likeness (QED) is 0.465. The van der Waals surface area contributed by atoms with E-state index in [1.165, 1.54) is 5.56 Å². The Labute approximate surface area is 174 Å². The number of fused-ring (bicyclic) bond motifs is 2. The topological polar surface area (TPSA) is 38.1 Å². The van der Waals surface area contributed by atoms with Crippen LogP contribution in [0.4, 0.5) is 5.69 Å². The van der Waals surface area contributed by atoms with Gasteiger partial charge in [-0.25, -0.2) is 4.98 Å². The van der Waals surface area contributed by atoms with Gasteiger partial charge in [-0.15, -0.1) is 0 Å². The number of hydrogen-bond acceptors (Lipinski definition) is 2. The molecule has 1 aromatic heterocycles. The van der Waals surface area contributed by atoms with Gasteiger partial charge in [0.25, 0.3) is 0 Å². The number of imidazole rings is 1. The molecule has 0 unspecified atom stereocenters. The molecule has 2 heterocycles.